The third-order valence-corrected chi connectivity index (χ3v) is 2.89. The lowest BCUT2D eigenvalue weighted by molar-refractivity contribution is -0.150. The molecule has 0 saturated carbocycles. The van der Waals surface area contributed by atoms with Crippen LogP contribution in [0.2, 0.25) is 0 Å². The minimum Gasteiger partial charge on any atom is -0.466 e. The Hall–Kier alpha value is -0.770. The number of rotatable bonds is 12. The molecule has 20 heavy (non-hydrogen) atoms. The number of carbonyl (C=O) groups excluding carboxylic acids is 2. The molecule has 0 saturated heterocycles. The number of alkyl halides is 1. The second kappa shape index (κ2) is 13.2. The Bertz CT molecular complexity index is 267. The maximum Gasteiger partial charge on any atom is 0.306 e. The number of hydrogen-bond donors (Lipinski definition) is 0. The Kier molecular flexibility index (Phi) is 12.7. The van der Waals surface area contributed by atoms with E-state index >= 15 is 0 Å². The average molecular weight is 307 g/mol. The van der Waals surface area contributed by atoms with Gasteiger partial charge in [0.2, 0.25) is 0 Å². The van der Waals surface area contributed by atoms with E-state index in [9.17, 15) is 9.59 Å². The molecular formula is C15H27ClO4. The standard InChI is InChI=1S/C15H27ClO4/c1-3-4-5-6-7-8-11-19-14(17)9-10-15(18)20-12-13(2)16/h13H,3-12H2,1-2H3. The molecule has 0 aliphatic rings. The molecule has 0 aromatic heterocycles. The first-order valence-electron chi connectivity index (χ1n) is 7.51. The van der Waals surface area contributed by atoms with Crippen molar-refractivity contribution in [2.45, 2.75) is 70.6 Å². The van der Waals surface area contributed by atoms with Crippen molar-refractivity contribution in [2.24, 2.45) is 0 Å². The summed E-state index contributed by atoms with van der Waals surface area (Å²) in [6.45, 7) is 4.54. The van der Waals surface area contributed by atoms with Crippen molar-refractivity contribution >= 4 is 23.5 Å². The summed E-state index contributed by atoms with van der Waals surface area (Å²) < 4.78 is 9.91. The Morgan fingerprint density at radius 1 is 0.950 bits per heavy atom. The predicted octanol–water partition coefficient (Wildman–Crippen LogP) is 3.84. The van der Waals surface area contributed by atoms with Gasteiger partial charge in [-0.3, -0.25) is 9.59 Å². The minimum absolute atomic E-state index is 0.0545. The Morgan fingerprint density at radius 3 is 2.10 bits per heavy atom. The van der Waals surface area contributed by atoms with Gasteiger partial charge in [0.1, 0.15) is 6.61 Å². The lowest BCUT2D eigenvalue weighted by Crippen LogP contribution is -2.14. The predicted molar refractivity (Wildman–Crippen MR) is 79.8 cm³/mol. The largest absolute Gasteiger partial charge is 0.466 e. The third kappa shape index (κ3) is 13.7. The summed E-state index contributed by atoms with van der Waals surface area (Å²) >= 11 is 5.65. The zero-order valence-corrected chi connectivity index (χ0v) is 13.4. The van der Waals surface area contributed by atoms with Gasteiger partial charge >= 0.3 is 11.9 Å². The molecule has 5 heteroatoms. The molecule has 0 amide bonds. The molecule has 1 atom stereocenters. The SMILES string of the molecule is CCCCCCCCOC(=O)CCC(=O)OCC(C)Cl. The molecule has 0 aromatic carbocycles. The van der Waals surface area contributed by atoms with Crippen LogP contribution in [0.4, 0.5) is 0 Å². The fourth-order valence-electron chi connectivity index (χ4n) is 1.62. The van der Waals surface area contributed by atoms with Gasteiger partial charge in [0, 0.05) is 0 Å². The second-order valence-electron chi connectivity index (χ2n) is 4.95. The lowest BCUT2D eigenvalue weighted by Gasteiger charge is -2.06. The molecule has 0 rings (SSSR count). The van der Waals surface area contributed by atoms with E-state index in [0.717, 1.165) is 12.8 Å². The average Bonchev–Trinajstić information content (AvgIpc) is 2.41. The van der Waals surface area contributed by atoms with E-state index in [-0.39, 0.29) is 30.8 Å². The molecular weight excluding hydrogens is 280 g/mol. The number of carbonyl (C=O) groups is 2. The zero-order valence-electron chi connectivity index (χ0n) is 12.7. The van der Waals surface area contributed by atoms with E-state index in [1.165, 1.54) is 25.7 Å². The third-order valence-electron chi connectivity index (χ3n) is 2.77. The van der Waals surface area contributed by atoms with Gasteiger partial charge in [-0.1, -0.05) is 39.0 Å². The first kappa shape index (κ1) is 19.2. The van der Waals surface area contributed by atoms with Gasteiger partial charge in [0.15, 0.2) is 0 Å². The van der Waals surface area contributed by atoms with Crippen LogP contribution < -0.4 is 0 Å². The van der Waals surface area contributed by atoms with Crippen LogP contribution >= 0.6 is 11.6 Å². The van der Waals surface area contributed by atoms with Crippen molar-refractivity contribution in [3.63, 3.8) is 0 Å². The van der Waals surface area contributed by atoms with E-state index in [1.54, 1.807) is 6.92 Å². The van der Waals surface area contributed by atoms with E-state index < -0.39 is 5.97 Å². The summed E-state index contributed by atoms with van der Waals surface area (Å²) in [5, 5.41) is -0.210. The molecule has 0 heterocycles. The van der Waals surface area contributed by atoms with Gasteiger partial charge in [-0.15, -0.1) is 11.6 Å². The first-order valence-corrected chi connectivity index (χ1v) is 7.95. The summed E-state index contributed by atoms with van der Waals surface area (Å²) in [5.74, 6) is -0.747. The highest BCUT2D eigenvalue weighted by Crippen LogP contribution is 2.05. The van der Waals surface area contributed by atoms with Gasteiger partial charge in [-0.25, -0.2) is 0 Å². The molecule has 0 aliphatic heterocycles. The Labute approximate surface area is 127 Å². The molecule has 0 fully saturated rings. The molecule has 0 radical (unpaired) electrons. The second-order valence-corrected chi connectivity index (χ2v) is 5.70. The molecule has 0 aromatic rings. The highest BCUT2D eigenvalue weighted by atomic mass is 35.5. The lowest BCUT2D eigenvalue weighted by atomic mass is 10.1. The molecule has 4 nitrogen and oxygen atoms in total. The van der Waals surface area contributed by atoms with Gasteiger partial charge in [0.25, 0.3) is 0 Å². The van der Waals surface area contributed by atoms with Crippen molar-refractivity contribution in [1.82, 2.24) is 0 Å². The monoisotopic (exact) mass is 306 g/mol. The van der Waals surface area contributed by atoms with E-state index in [0.29, 0.717) is 6.61 Å². The Balaban J connectivity index is 3.38. The number of halogens is 1. The van der Waals surface area contributed by atoms with Gasteiger partial charge in [-0.2, -0.15) is 0 Å². The number of unbranched alkanes of at least 4 members (excludes halogenated alkanes) is 5. The van der Waals surface area contributed by atoms with Crippen molar-refractivity contribution in [3.05, 3.63) is 0 Å². The fraction of sp³-hybridized carbons (Fsp3) is 0.867. The molecule has 0 N–H and O–H groups in total. The van der Waals surface area contributed by atoms with Crippen LogP contribution in [0.5, 0.6) is 0 Å². The Morgan fingerprint density at radius 2 is 1.50 bits per heavy atom. The maximum atomic E-state index is 11.4. The van der Waals surface area contributed by atoms with Crippen LogP contribution in [0, 0.1) is 0 Å². The molecule has 0 bridgehead atoms. The number of hydrogen-bond acceptors (Lipinski definition) is 4. The van der Waals surface area contributed by atoms with Crippen molar-refractivity contribution in [1.29, 1.82) is 0 Å². The molecule has 1 unspecified atom stereocenters. The number of esters is 2. The highest BCUT2D eigenvalue weighted by Gasteiger charge is 2.09. The van der Waals surface area contributed by atoms with Crippen LogP contribution in [0.15, 0.2) is 0 Å². The van der Waals surface area contributed by atoms with E-state index in [4.69, 9.17) is 21.1 Å². The van der Waals surface area contributed by atoms with E-state index in [1.807, 2.05) is 0 Å². The molecule has 0 spiro atoms. The maximum absolute atomic E-state index is 11.4. The quantitative estimate of drug-likeness (QED) is 0.312. The van der Waals surface area contributed by atoms with Crippen molar-refractivity contribution < 1.29 is 19.1 Å². The summed E-state index contributed by atoms with van der Waals surface area (Å²) in [7, 11) is 0. The van der Waals surface area contributed by atoms with Crippen LogP contribution in [0.3, 0.4) is 0 Å². The molecule has 118 valence electrons. The smallest absolute Gasteiger partial charge is 0.306 e. The van der Waals surface area contributed by atoms with Crippen LogP contribution in [0.1, 0.15) is 65.2 Å². The summed E-state index contributed by atoms with van der Waals surface area (Å²) in [6.07, 6.45) is 7.04. The normalized spacial score (nSPS) is 11.9. The van der Waals surface area contributed by atoms with Gasteiger partial charge in [-0.05, 0) is 13.3 Å². The summed E-state index contributed by atoms with van der Waals surface area (Å²) in [4.78, 5) is 22.6. The van der Waals surface area contributed by atoms with Crippen LogP contribution in [-0.4, -0.2) is 30.5 Å². The molecule has 0 aliphatic carbocycles. The fourth-order valence-corrected chi connectivity index (χ4v) is 1.69. The summed E-state index contributed by atoms with van der Waals surface area (Å²) in [6, 6.07) is 0. The van der Waals surface area contributed by atoms with Gasteiger partial charge in [0.05, 0.1) is 24.8 Å². The minimum atomic E-state index is -0.408. The van der Waals surface area contributed by atoms with Crippen molar-refractivity contribution in [3.8, 4) is 0 Å². The highest BCUT2D eigenvalue weighted by molar-refractivity contribution is 6.20. The number of ether oxygens (including phenoxy) is 2. The van der Waals surface area contributed by atoms with Crippen molar-refractivity contribution in [2.75, 3.05) is 13.2 Å². The first-order chi connectivity index (χ1) is 9.56. The van der Waals surface area contributed by atoms with Gasteiger partial charge < -0.3 is 9.47 Å². The van der Waals surface area contributed by atoms with Crippen LogP contribution in [0.25, 0.3) is 0 Å². The topological polar surface area (TPSA) is 52.6 Å². The van der Waals surface area contributed by atoms with E-state index in [2.05, 4.69) is 6.92 Å². The van der Waals surface area contributed by atoms with Crippen LogP contribution in [-0.2, 0) is 19.1 Å². The summed E-state index contributed by atoms with van der Waals surface area (Å²) in [5.41, 5.74) is 0. The zero-order chi connectivity index (χ0) is 15.2.